The number of amides is 1. The number of hydroxylamine groups is 2. The fraction of sp³-hybridized carbons (Fsp3) is 0.391. The molecule has 5 nitrogen and oxygen atoms in total. The average molecular weight is 380 g/mol. The lowest BCUT2D eigenvalue weighted by Crippen LogP contribution is -2.27. The van der Waals surface area contributed by atoms with E-state index in [0.717, 1.165) is 55.0 Å². The van der Waals surface area contributed by atoms with Crippen molar-refractivity contribution in [2.75, 3.05) is 20.1 Å². The van der Waals surface area contributed by atoms with E-state index in [1.807, 2.05) is 36.4 Å². The van der Waals surface area contributed by atoms with Gasteiger partial charge in [-0.2, -0.15) is 0 Å². The fourth-order valence-electron chi connectivity index (χ4n) is 3.52. The second-order valence-corrected chi connectivity index (χ2v) is 7.41. The van der Waals surface area contributed by atoms with E-state index < -0.39 is 5.91 Å². The molecule has 1 amide bonds. The van der Waals surface area contributed by atoms with Crippen LogP contribution in [0.15, 0.2) is 54.7 Å². The number of pyridine rings is 1. The second-order valence-electron chi connectivity index (χ2n) is 7.41. The zero-order chi connectivity index (χ0) is 19.8. The van der Waals surface area contributed by atoms with Crippen LogP contribution in [0.2, 0.25) is 0 Å². The lowest BCUT2D eigenvalue weighted by molar-refractivity contribution is -0.0652. The predicted molar refractivity (Wildman–Crippen MR) is 111 cm³/mol. The summed E-state index contributed by atoms with van der Waals surface area (Å²) in [6, 6.07) is 13.2. The molecule has 28 heavy (non-hydrogen) atoms. The van der Waals surface area contributed by atoms with Gasteiger partial charge in [0.25, 0.3) is 5.91 Å². The first-order valence-corrected chi connectivity index (χ1v) is 10.0. The summed E-state index contributed by atoms with van der Waals surface area (Å²) in [7, 11) is 2.18. The van der Waals surface area contributed by atoms with Crippen molar-refractivity contribution in [3.8, 4) is 0 Å². The standard InChI is InChI=1S/C23H29N3O2/c1-25-15-7-5-11-20(12-6-8-16-25)21-13-14-24-22(17-21)23(27)26(28)18-19-9-3-2-4-10-19/h2-4,9-11,13-14,17,28H,5-8,12,15-16,18H2,1H3. The quantitative estimate of drug-likeness (QED) is 0.632. The Morgan fingerprint density at radius 2 is 1.93 bits per heavy atom. The third-order valence-corrected chi connectivity index (χ3v) is 5.13. The van der Waals surface area contributed by atoms with E-state index in [4.69, 9.17) is 0 Å². The van der Waals surface area contributed by atoms with Crippen molar-refractivity contribution in [1.82, 2.24) is 14.9 Å². The van der Waals surface area contributed by atoms with Gasteiger partial charge in [-0.15, -0.1) is 0 Å². The largest absolute Gasteiger partial charge is 0.306 e. The zero-order valence-electron chi connectivity index (χ0n) is 16.6. The maximum absolute atomic E-state index is 12.6. The van der Waals surface area contributed by atoms with Gasteiger partial charge in [-0.1, -0.05) is 36.4 Å². The van der Waals surface area contributed by atoms with Crippen LogP contribution in [0.1, 0.15) is 53.7 Å². The molecule has 1 aromatic carbocycles. The Bertz CT molecular complexity index is 805. The Balaban J connectivity index is 1.72. The Kier molecular flexibility index (Phi) is 7.34. The molecular formula is C23H29N3O2. The Hall–Kier alpha value is -2.50. The predicted octanol–water partition coefficient (Wildman–Crippen LogP) is 4.39. The highest BCUT2D eigenvalue weighted by Crippen LogP contribution is 2.23. The van der Waals surface area contributed by atoms with Crippen molar-refractivity contribution in [3.05, 3.63) is 71.6 Å². The molecule has 0 fully saturated rings. The molecule has 0 radical (unpaired) electrons. The van der Waals surface area contributed by atoms with Crippen molar-refractivity contribution >= 4 is 11.5 Å². The summed E-state index contributed by atoms with van der Waals surface area (Å²) >= 11 is 0. The molecule has 0 bridgehead atoms. The zero-order valence-corrected chi connectivity index (χ0v) is 16.6. The lowest BCUT2D eigenvalue weighted by atomic mass is 9.98. The van der Waals surface area contributed by atoms with Crippen molar-refractivity contribution in [3.63, 3.8) is 0 Å². The second kappa shape index (κ2) is 10.2. The number of aromatic nitrogens is 1. The van der Waals surface area contributed by atoms with Crippen LogP contribution >= 0.6 is 0 Å². The summed E-state index contributed by atoms with van der Waals surface area (Å²) in [5.74, 6) is -0.479. The SMILES string of the molecule is CN1CCCC=C(c2ccnc(C(=O)N(O)Cc3ccccc3)c2)CCCC1. The molecule has 148 valence electrons. The molecule has 2 aromatic rings. The summed E-state index contributed by atoms with van der Waals surface area (Å²) in [4.78, 5) is 19.2. The van der Waals surface area contributed by atoms with Crippen molar-refractivity contribution in [2.24, 2.45) is 0 Å². The van der Waals surface area contributed by atoms with Gasteiger partial charge in [-0.3, -0.25) is 15.0 Å². The van der Waals surface area contributed by atoms with Crippen LogP contribution in [-0.2, 0) is 6.54 Å². The highest BCUT2D eigenvalue weighted by Gasteiger charge is 2.17. The molecule has 3 rings (SSSR count). The van der Waals surface area contributed by atoms with Crippen LogP contribution in [0.5, 0.6) is 0 Å². The van der Waals surface area contributed by atoms with Crippen LogP contribution in [-0.4, -0.2) is 46.2 Å². The normalized spacial score (nSPS) is 16.3. The minimum atomic E-state index is -0.479. The van der Waals surface area contributed by atoms with E-state index in [1.165, 1.54) is 12.0 Å². The first-order valence-electron chi connectivity index (χ1n) is 10.0. The molecule has 0 aliphatic carbocycles. The van der Waals surface area contributed by atoms with Gasteiger partial charge in [-0.05, 0) is 81.1 Å². The molecule has 1 aromatic heterocycles. The lowest BCUT2D eigenvalue weighted by Gasteiger charge is -2.19. The number of carbonyl (C=O) groups is 1. The van der Waals surface area contributed by atoms with E-state index in [2.05, 4.69) is 23.0 Å². The number of nitrogens with zero attached hydrogens (tertiary/aromatic N) is 3. The topological polar surface area (TPSA) is 56.7 Å². The van der Waals surface area contributed by atoms with E-state index in [9.17, 15) is 10.0 Å². The minimum Gasteiger partial charge on any atom is -0.306 e. The summed E-state index contributed by atoms with van der Waals surface area (Å²) in [6.45, 7) is 2.39. The van der Waals surface area contributed by atoms with Gasteiger partial charge >= 0.3 is 0 Å². The Labute approximate surface area is 167 Å². The number of allylic oxidation sites excluding steroid dienone is 2. The van der Waals surface area contributed by atoms with Gasteiger partial charge in [0.05, 0.1) is 6.54 Å². The maximum atomic E-state index is 12.6. The van der Waals surface area contributed by atoms with E-state index in [1.54, 1.807) is 12.3 Å². The first-order chi connectivity index (χ1) is 13.6. The third kappa shape index (κ3) is 5.75. The van der Waals surface area contributed by atoms with Crippen molar-refractivity contribution in [1.29, 1.82) is 0 Å². The van der Waals surface area contributed by atoms with Gasteiger partial charge in [0.1, 0.15) is 5.69 Å². The van der Waals surface area contributed by atoms with Gasteiger partial charge in [-0.25, -0.2) is 5.06 Å². The molecule has 0 unspecified atom stereocenters. The summed E-state index contributed by atoms with van der Waals surface area (Å²) in [5.41, 5.74) is 3.44. The molecule has 2 heterocycles. The summed E-state index contributed by atoms with van der Waals surface area (Å²) in [5, 5.41) is 11.0. The molecule has 1 N–H and O–H groups in total. The first kappa shape index (κ1) is 20.2. The highest BCUT2D eigenvalue weighted by molar-refractivity contribution is 5.92. The summed E-state index contributed by atoms with van der Waals surface area (Å²) in [6.07, 6.45) is 9.42. The van der Waals surface area contributed by atoms with E-state index in [0.29, 0.717) is 0 Å². The van der Waals surface area contributed by atoms with Gasteiger partial charge in [0, 0.05) is 6.20 Å². The average Bonchev–Trinajstić information content (AvgIpc) is 2.73. The van der Waals surface area contributed by atoms with Gasteiger partial charge < -0.3 is 4.90 Å². The highest BCUT2D eigenvalue weighted by atomic mass is 16.5. The molecule has 1 aliphatic rings. The van der Waals surface area contributed by atoms with E-state index >= 15 is 0 Å². The number of carbonyl (C=O) groups excluding carboxylic acids is 1. The van der Waals surface area contributed by atoms with Crippen LogP contribution in [0, 0.1) is 0 Å². The molecule has 1 aliphatic heterocycles. The Morgan fingerprint density at radius 1 is 1.14 bits per heavy atom. The smallest absolute Gasteiger partial charge is 0.296 e. The molecule has 0 atom stereocenters. The van der Waals surface area contributed by atoms with Gasteiger partial charge in [0.15, 0.2) is 0 Å². The van der Waals surface area contributed by atoms with Crippen LogP contribution < -0.4 is 0 Å². The Morgan fingerprint density at radius 3 is 2.75 bits per heavy atom. The molecular weight excluding hydrogens is 350 g/mol. The van der Waals surface area contributed by atoms with Crippen molar-refractivity contribution < 1.29 is 10.0 Å². The third-order valence-electron chi connectivity index (χ3n) is 5.13. The number of benzene rings is 1. The molecule has 0 spiro atoms. The minimum absolute atomic E-state index is 0.141. The number of hydrogen-bond acceptors (Lipinski definition) is 4. The van der Waals surface area contributed by atoms with E-state index in [-0.39, 0.29) is 12.2 Å². The van der Waals surface area contributed by atoms with Crippen LogP contribution in [0.25, 0.3) is 5.57 Å². The fourth-order valence-corrected chi connectivity index (χ4v) is 3.52. The van der Waals surface area contributed by atoms with Crippen molar-refractivity contribution in [2.45, 2.75) is 38.6 Å². The van der Waals surface area contributed by atoms with Crippen LogP contribution in [0.4, 0.5) is 0 Å². The number of hydrogen-bond donors (Lipinski definition) is 1. The number of rotatable bonds is 4. The van der Waals surface area contributed by atoms with Gasteiger partial charge in [0.2, 0.25) is 0 Å². The summed E-state index contributed by atoms with van der Waals surface area (Å²) < 4.78 is 0. The molecule has 5 heteroatoms. The molecule has 0 saturated carbocycles. The maximum Gasteiger partial charge on any atom is 0.296 e. The molecule has 0 saturated heterocycles. The monoisotopic (exact) mass is 379 g/mol. The van der Waals surface area contributed by atoms with Crippen LogP contribution in [0.3, 0.4) is 0 Å².